The number of hydrogen-bond donors (Lipinski definition) is 1. The zero-order chi connectivity index (χ0) is 12.4. The van der Waals surface area contributed by atoms with Gasteiger partial charge < -0.3 is 10.2 Å². The summed E-state index contributed by atoms with van der Waals surface area (Å²) < 4.78 is 0. The molecule has 1 N–H and O–H groups in total. The molecule has 0 saturated carbocycles. The van der Waals surface area contributed by atoms with Gasteiger partial charge in [-0.15, -0.1) is 10.2 Å². The van der Waals surface area contributed by atoms with Gasteiger partial charge >= 0.3 is 0 Å². The molecule has 8 nitrogen and oxygen atoms in total. The summed E-state index contributed by atoms with van der Waals surface area (Å²) in [5, 5.41) is 14.2. The molecule has 1 saturated heterocycles. The summed E-state index contributed by atoms with van der Waals surface area (Å²) in [5.74, 6) is 0.242. The molecule has 17 heavy (non-hydrogen) atoms. The van der Waals surface area contributed by atoms with E-state index < -0.39 is 6.04 Å². The van der Waals surface area contributed by atoms with Crippen molar-refractivity contribution in [2.45, 2.75) is 25.9 Å². The van der Waals surface area contributed by atoms with Gasteiger partial charge in [0.05, 0.1) is 13.6 Å². The molecule has 0 spiro atoms. The van der Waals surface area contributed by atoms with Gasteiger partial charge in [-0.1, -0.05) is 0 Å². The van der Waals surface area contributed by atoms with Crippen molar-refractivity contribution in [2.24, 2.45) is 7.05 Å². The molecule has 0 aromatic carbocycles. The Balaban J connectivity index is 2.08. The highest BCUT2D eigenvalue weighted by molar-refractivity contribution is 5.89. The number of nitrogens with zero attached hydrogens (tertiary/aromatic N) is 5. The number of carbonyl (C=O) groups excluding carboxylic acids is 2. The average Bonchev–Trinajstić information content (AvgIpc) is 2.64. The Kier molecular flexibility index (Phi) is 3.03. The number of aromatic nitrogens is 4. The molecule has 1 aromatic heterocycles. The minimum absolute atomic E-state index is 0.111. The second-order valence-corrected chi connectivity index (χ2v) is 3.99. The standard InChI is InChI=1S/C9H14N6O2/c1-6-9(17)15(4-3-8(16)10-6)5-7-11-13-14(2)12-7/h6H,3-5H2,1-2H3,(H,10,16). The van der Waals surface area contributed by atoms with Gasteiger partial charge in [0.2, 0.25) is 11.8 Å². The van der Waals surface area contributed by atoms with Gasteiger partial charge in [-0.2, -0.15) is 4.80 Å². The predicted octanol–water partition coefficient (Wildman–Crippen LogP) is -1.55. The van der Waals surface area contributed by atoms with E-state index in [9.17, 15) is 9.59 Å². The summed E-state index contributed by atoms with van der Waals surface area (Å²) in [5.41, 5.74) is 0. The van der Waals surface area contributed by atoms with E-state index in [2.05, 4.69) is 20.7 Å². The Morgan fingerprint density at radius 1 is 1.47 bits per heavy atom. The molecule has 0 aliphatic carbocycles. The lowest BCUT2D eigenvalue weighted by Gasteiger charge is -2.20. The monoisotopic (exact) mass is 238 g/mol. The molecule has 2 heterocycles. The van der Waals surface area contributed by atoms with Crippen LogP contribution in [0.15, 0.2) is 0 Å². The molecule has 1 aliphatic heterocycles. The van der Waals surface area contributed by atoms with E-state index in [-0.39, 0.29) is 18.4 Å². The minimum atomic E-state index is -0.498. The number of hydrogen-bond acceptors (Lipinski definition) is 5. The fourth-order valence-corrected chi connectivity index (χ4v) is 1.71. The van der Waals surface area contributed by atoms with Crippen LogP contribution in [-0.2, 0) is 23.2 Å². The van der Waals surface area contributed by atoms with Crippen molar-refractivity contribution in [1.82, 2.24) is 30.4 Å². The van der Waals surface area contributed by atoms with Crippen LogP contribution in [0.3, 0.4) is 0 Å². The number of rotatable bonds is 2. The van der Waals surface area contributed by atoms with E-state index in [1.165, 1.54) is 4.80 Å². The highest BCUT2D eigenvalue weighted by Crippen LogP contribution is 2.06. The Morgan fingerprint density at radius 2 is 2.24 bits per heavy atom. The molecule has 92 valence electrons. The van der Waals surface area contributed by atoms with E-state index in [4.69, 9.17) is 0 Å². The van der Waals surface area contributed by atoms with E-state index >= 15 is 0 Å². The first-order valence-corrected chi connectivity index (χ1v) is 5.37. The molecular weight excluding hydrogens is 224 g/mol. The summed E-state index contributed by atoms with van der Waals surface area (Å²) in [6, 6.07) is -0.498. The van der Waals surface area contributed by atoms with Crippen molar-refractivity contribution >= 4 is 11.8 Å². The third-order valence-corrected chi connectivity index (χ3v) is 2.55. The molecule has 1 aromatic rings. The van der Waals surface area contributed by atoms with Crippen LogP contribution in [0.4, 0.5) is 0 Å². The molecule has 1 aliphatic rings. The number of amides is 2. The van der Waals surface area contributed by atoms with Gasteiger partial charge in [-0.3, -0.25) is 9.59 Å². The molecular formula is C9H14N6O2. The Bertz CT molecular complexity index is 442. The highest BCUT2D eigenvalue weighted by Gasteiger charge is 2.27. The molecule has 2 rings (SSSR count). The number of nitrogens with one attached hydrogen (secondary N) is 1. The third kappa shape index (κ3) is 2.58. The van der Waals surface area contributed by atoms with Gasteiger partial charge in [0.15, 0.2) is 5.82 Å². The van der Waals surface area contributed by atoms with Crippen LogP contribution in [-0.4, -0.2) is 49.5 Å². The fraction of sp³-hybridized carbons (Fsp3) is 0.667. The van der Waals surface area contributed by atoms with Crippen molar-refractivity contribution < 1.29 is 9.59 Å². The molecule has 2 amide bonds. The topological polar surface area (TPSA) is 93.0 Å². The average molecular weight is 238 g/mol. The quantitative estimate of drug-likeness (QED) is 0.673. The Labute approximate surface area is 98.0 Å². The van der Waals surface area contributed by atoms with E-state index in [1.54, 1.807) is 18.9 Å². The summed E-state index contributed by atoms with van der Waals surface area (Å²) in [6.07, 6.45) is 0.302. The maximum Gasteiger partial charge on any atom is 0.245 e. The van der Waals surface area contributed by atoms with Crippen molar-refractivity contribution in [2.75, 3.05) is 6.54 Å². The lowest BCUT2D eigenvalue weighted by molar-refractivity contribution is -0.133. The minimum Gasteiger partial charge on any atom is -0.345 e. The molecule has 0 bridgehead atoms. The van der Waals surface area contributed by atoms with Crippen LogP contribution in [0, 0.1) is 0 Å². The maximum absolute atomic E-state index is 11.9. The summed E-state index contributed by atoms with van der Waals surface area (Å²) >= 11 is 0. The van der Waals surface area contributed by atoms with Crippen LogP contribution >= 0.6 is 0 Å². The van der Waals surface area contributed by atoms with Crippen molar-refractivity contribution in [1.29, 1.82) is 0 Å². The molecule has 8 heteroatoms. The van der Waals surface area contributed by atoms with Crippen molar-refractivity contribution in [3.8, 4) is 0 Å². The largest absolute Gasteiger partial charge is 0.345 e. The first-order valence-electron chi connectivity index (χ1n) is 5.37. The van der Waals surface area contributed by atoms with Gasteiger partial charge in [0, 0.05) is 13.0 Å². The molecule has 0 radical (unpaired) electrons. The van der Waals surface area contributed by atoms with Crippen molar-refractivity contribution in [3.63, 3.8) is 0 Å². The van der Waals surface area contributed by atoms with Crippen LogP contribution in [0.5, 0.6) is 0 Å². The Morgan fingerprint density at radius 3 is 2.88 bits per heavy atom. The predicted molar refractivity (Wildman–Crippen MR) is 56.4 cm³/mol. The second-order valence-electron chi connectivity index (χ2n) is 3.99. The van der Waals surface area contributed by atoms with Gasteiger partial charge in [-0.25, -0.2) is 0 Å². The first-order chi connectivity index (χ1) is 8.06. The zero-order valence-corrected chi connectivity index (χ0v) is 9.75. The van der Waals surface area contributed by atoms with Gasteiger partial charge in [0.1, 0.15) is 6.04 Å². The number of carbonyl (C=O) groups is 2. The van der Waals surface area contributed by atoms with Crippen LogP contribution in [0.1, 0.15) is 19.2 Å². The summed E-state index contributed by atoms with van der Waals surface area (Å²) in [4.78, 5) is 26.1. The lowest BCUT2D eigenvalue weighted by atomic mass is 10.3. The van der Waals surface area contributed by atoms with E-state index in [0.29, 0.717) is 18.8 Å². The van der Waals surface area contributed by atoms with Crippen molar-refractivity contribution in [3.05, 3.63) is 5.82 Å². The molecule has 1 unspecified atom stereocenters. The Hall–Kier alpha value is -1.99. The molecule has 1 atom stereocenters. The second kappa shape index (κ2) is 4.48. The van der Waals surface area contributed by atoms with E-state index in [1.807, 2.05) is 0 Å². The maximum atomic E-state index is 11.9. The van der Waals surface area contributed by atoms with Crippen LogP contribution in [0.2, 0.25) is 0 Å². The van der Waals surface area contributed by atoms with Crippen LogP contribution in [0.25, 0.3) is 0 Å². The SMILES string of the molecule is CC1NC(=O)CCN(Cc2nnn(C)n2)C1=O. The normalized spacial score (nSPS) is 21.3. The zero-order valence-electron chi connectivity index (χ0n) is 9.75. The van der Waals surface area contributed by atoms with E-state index in [0.717, 1.165) is 0 Å². The highest BCUT2D eigenvalue weighted by atomic mass is 16.2. The number of tetrazole rings is 1. The summed E-state index contributed by atoms with van der Waals surface area (Å²) in [6.45, 7) is 2.34. The lowest BCUT2D eigenvalue weighted by Crippen LogP contribution is -2.42. The van der Waals surface area contributed by atoms with Gasteiger partial charge in [-0.05, 0) is 12.1 Å². The third-order valence-electron chi connectivity index (χ3n) is 2.55. The summed E-state index contributed by atoms with van der Waals surface area (Å²) in [7, 11) is 1.66. The first kappa shape index (κ1) is 11.5. The molecule has 1 fully saturated rings. The van der Waals surface area contributed by atoms with Gasteiger partial charge in [0.25, 0.3) is 0 Å². The smallest absolute Gasteiger partial charge is 0.245 e. The fourth-order valence-electron chi connectivity index (χ4n) is 1.71. The number of aryl methyl sites for hydroxylation is 1. The van der Waals surface area contributed by atoms with Crippen LogP contribution < -0.4 is 5.32 Å².